The number of amides is 2. The average Bonchev–Trinajstić information content (AvgIpc) is 2.47. The first-order chi connectivity index (χ1) is 10.1. The van der Waals surface area contributed by atoms with E-state index in [-0.39, 0.29) is 30.1 Å². The average molecular weight is 324 g/mol. The minimum absolute atomic E-state index is 0. The topological polar surface area (TPSA) is 70.2 Å². The summed E-state index contributed by atoms with van der Waals surface area (Å²) < 4.78 is 0. The van der Waals surface area contributed by atoms with Crippen molar-refractivity contribution in [2.24, 2.45) is 5.92 Å². The van der Waals surface area contributed by atoms with Gasteiger partial charge in [-0.2, -0.15) is 0 Å². The molecule has 2 aliphatic heterocycles. The van der Waals surface area contributed by atoms with E-state index < -0.39 is 0 Å². The van der Waals surface area contributed by atoms with Crippen molar-refractivity contribution < 1.29 is 9.59 Å². The van der Waals surface area contributed by atoms with Crippen LogP contribution in [0.2, 0.25) is 0 Å². The lowest BCUT2D eigenvalue weighted by Crippen LogP contribution is -2.40. The first kappa shape index (κ1) is 16.8. The lowest BCUT2D eigenvalue weighted by atomic mass is 9.92. The molecule has 1 fully saturated rings. The summed E-state index contributed by atoms with van der Waals surface area (Å²) >= 11 is 0. The van der Waals surface area contributed by atoms with Gasteiger partial charge >= 0.3 is 0 Å². The molecule has 0 aromatic heterocycles. The van der Waals surface area contributed by atoms with Gasteiger partial charge in [-0.15, -0.1) is 12.4 Å². The Balaban J connectivity index is 0.00000176. The minimum Gasteiger partial charge on any atom is -0.326 e. The molecule has 5 nitrogen and oxygen atoms in total. The van der Waals surface area contributed by atoms with Crippen LogP contribution in [0.4, 0.5) is 11.4 Å². The summed E-state index contributed by atoms with van der Waals surface area (Å²) in [7, 11) is 0. The van der Waals surface area contributed by atoms with E-state index in [0.717, 1.165) is 42.7 Å². The van der Waals surface area contributed by atoms with Crippen LogP contribution in [0.1, 0.15) is 31.7 Å². The minimum atomic E-state index is 0. The van der Waals surface area contributed by atoms with Crippen molar-refractivity contribution in [1.82, 2.24) is 5.32 Å². The van der Waals surface area contributed by atoms with E-state index in [1.807, 2.05) is 18.2 Å². The van der Waals surface area contributed by atoms with Crippen LogP contribution < -0.4 is 16.0 Å². The van der Waals surface area contributed by atoms with Crippen molar-refractivity contribution in [3.05, 3.63) is 23.8 Å². The Hall–Kier alpha value is -1.59. The second kappa shape index (κ2) is 7.11. The number of carbonyl (C=O) groups excluding carboxylic acids is 2. The van der Waals surface area contributed by atoms with Crippen LogP contribution in [0.25, 0.3) is 0 Å². The molecule has 0 radical (unpaired) electrons. The number of aryl methyl sites for hydroxylation is 1. The third-order valence-electron chi connectivity index (χ3n) is 4.26. The second-order valence-electron chi connectivity index (χ2n) is 5.99. The van der Waals surface area contributed by atoms with Gasteiger partial charge < -0.3 is 16.0 Å². The number of benzene rings is 1. The van der Waals surface area contributed by atoms with Gasteiger partial charge in [0.25, 0.3) is 0 Å². The summed E-state index contributed by atoms with van der Waals surface area (Å²) in [5.74, 6) is 0.239. The molecular formula is C16H22ClN3O2. The highest BCUT2D eigenvalue weighted by molar-refractivity contribution is 5.96. The first-order valence-corrected chi connectivity index (χ1v) is 7.59. The summed E-state index contributed by atoms with van der Waals surface area (Å²) in [6, 6.07) is 6.09. The predicted octanol–water partition coefficient (Wildman–Crippen LogP) is 2.32. The largest absolute Gasteiger partial charge is 0.326 e. The maximum Gasteiger partial charge on any atom is 0.227 e. The Morgan fingerprint density at radius 1 is 1.32 bits per heavy atom. The molecule has 0 aliphatic carbocycles. The quantitative estimate of drug-likeness (QED) is 0.782. The molecule has 1 aromatic carbocycles. The van der Waals surface area contributed by atoms with Crippen LogP contribution in [0.15, 0.2) is 18.2 Å². The summed E-state index contributed by atoms with van der Waals surface area (Å²) in [4.78, 5) is 23.7. The molecule has 3 N–H and O–H groups in total. The first-order valence-electron chi connectivity index (χ1n) is 7.59. The number of rotatable bonds is 2. The lowest BCUT2D eigenvalue weighted by Gasteiger charge is -2.27. The number of halogens is 1. The van der Waals surface area contributed by atoms with E-state index in [1.54, 1.807) is 0 Å². The Labute approximate surface area is 136 Å². The van der Waals surface area contributed by atoms with Crippen molar-refractivity contribution in [1.29, 1.82) is 0 Å². The van der Waals surface area contributed by atoms with Crippen molar-refractivity contribution >= 4 is 35.6 Å². The zero-order valence-corrected chi connectivity index (χ0v) is 13.5. The highest BCUT2D eigenvalue weighted by Gasteiger charge is 2.25. The van der Waals surface area contributed by atoms with E-state index in [9.17, 15) is 9.59 Å². The summed E-state index contributed by atoms with van der Waals surface area (Å²) in [6.45, 7) is 3.01. The van der Waals surface area contributed by atoms with Crippen LogP contribution in [0, 0.1) is 5.92 Å². The summed E-state index contributed by atoms with van der Waals surface area (Å²) in [6.07, 6.45) is 3.01. The fourth-order valence-corrected chi connectivity index (χ4v) is 3.08. The lowest BCUT2D eigenvalue weighted by molar-refractivity contribution is -0.121. The molecule has 0 bridgehead atoms. The monoisotopic (exact) mass is 323 g/mol. The van der Waals surface area contributed by atoms with Crippen LogP contribution in [0.3, 0.4) is 0 Å². The Bertz CT molecular complexity index is 577. The molecule has 2 atom stereocenters. The molecule has 3 rings (SSSR count). The van der Waals surface area contributed by atoms with E-state index >= 15 is 0 Å². The molecule has 2 aliphatic rings. The zero-order chi connectivity index (χ0) is 14.8. The molecule has 2 amide bonds. The van der Waals surface area contributed by atoms with Gasteiger partial charge in [-0.25, -0.2) is 0 Å². The molecule has 2 heterocycles. The molecular weight excluding hydrogens is 302 g/mol. The van der Waals surface area contributed by atoms with Gasteiger partial charge in [0.15, 0.2) is 0 Å². The van der Waals surface area contributed by atoms with E-state index in [2.05, 4.69) is 22.9 Å². The number of carbonyl (C=O) groups is 2. The predicted molar refractivity (Wildman–Crippen MR) is 89.5 cm³/mol. The number of hydrogen-bond acceptors (Lipinski definition) is 3. The number of piperidine rings is 1. The van der Waals surface area contributed by atoms with E-state index in [1.165, 1.54) is 0 Å². The number of anilines is 2. The normalized spacial score (nSPS) is 23.8. The van der Waals surface area contributed by atoms with Gasteiger partial charge in [-0.3, -0.25) is 9.59 Å². The fourth-order valence-electron chi connectivity index (χ4n) is 3.08. The van der Waals surface area contributed by atoms with Crippen molar-refractivity contribution in [2.75, 3.05) is 17.2 Å². The molecule has 1 saturated heterocycles. The number of fused-ring (bicyclic) bond motifs is 1. The standard InChI is InChI=1S/C16H21N3O2.ClH/c1-10-8-12(6-7-17-10)16(21)18-13-3-4-14-11(9-13)2-5-15(20)19-14;/h3-4,9-10,12,17H,2,5-8H2,1H3,(H,18,21)(H,19,20);1H/t10-,12-;/m0./s1. The van der Waals surface area contributed by atoms with Crippen molar-refractivity contribution in [2.45, 2.75) is 38.6 Å². The molecule has 6 heteroatoms. The smallest absolute Gasteiger partial charge is 0.227 e. The van der Waals surface area contributed by atoms with Gasteiger partial charge in [-0.1, -0.05) is 0 Å². The van der Waals surface area contributed by atoms with Gasteiger partial charge in [0.05, 0.1) is 0 Å². The summed E-state index contributed by atoms with van der Waals surface area (Å²) in [5.41, 5.74) is 2.77. The van der Waals surface area contributed by atoms with Gasteiger partial charge in [0.1, 0.15) is 0 Å². The highest BCUT2D eigenvalue weighted by Crippen LogP contribution is 2.26. The third kappa shape index (κ3) is 3.78. The molecule has 0 spiro atoms. The van der Waals surface area contributed by atoms with Crippen LogP contribution in [-0.4, -0.2) is 24.4 Å². The van der Waals surface area contributed by atoms with Crippen LogP contribution >= 0.6 is 12.4 Å². The summed E-state index contributed by atoms with van der Waals surface area (Å²) in [5, 5.41) is 9.22. The van der Waals surface area contributed by atoms with Crippen molar-refractivity contribution in [3.63, 3.8) is 0 Å². The van der Waals surface area contributed by atoms with Gasteiger partial charge in [-0.05, 0) is 56.5 Å². The maximum atomic E-state index is 12.3. The fraction of sp³-hybridized carbons (Fsp3) is 0.500. The van der Waals surface area contributed by atoms with Crippen molar-refractivity contribution in [3.8, 4) is 0 Å². The Kier molecular flexibility index (Phi) is 5.42. The third-order valence-corrected chi connectivity index (χ3v) is 4.26. The SMILES string of the molecule is C[C@H]1C[C@@H](C(=O)Nc2ccc3c(c2)CCC(=O)N3)CCN1.Cl. The maximum absolute atomic E-state index is 12.3. The van der Waals surface area contributed by atoms with Crippen LogP contribution in [0.5, 0.6) is 0 Å². The molecule has 22 heavy (non-hydrogen) atoms. The van der Waals surface area contributed by atoms with Gasteiger partial charge in [0.2, 0.25) is 11.8 Å². The second-order valence-corrected chi connectivity index (χ2v) is 5.99. The van der Waals surface area contributed by atoms with Gasteiger partial charge in [0, 0.05) is 29.8 Å². The molecule has 0 saturated carbocycles. The highest BCUT2D eigenvalue weighted by atomic mass is 35.5. The number of hydrogen-bond donors (Lipinski definition) is 3. The molecule has 1 aromatic rings. The Morgan fingerprint density at radius 2 is 2.14 bits per heavy atom. The zero-order valence-electron chi connectivity index (χ0n) is 12.6. The van der Waals surface area contributed by atoms with E-state index in [4.69, 9.17) is 0 Å². The van der Waals surface area contributed by atoms with E-state index in [0.29, 0.717) is 12.5 Å². The molecule has 120 valence electrons. The Morgan fingerprint density at radius 3 is 2.91 bits per heavy atom. The number of nitrogens with one attached hydrogen (secondary N) is 3. The van der Waals surface area contributed by atoms with Crippen LogP contribution in [-0.2, 0) is 16.0 Å². The molecule has 0 unspecified atom stereocenters.